The number of methoxy groups -OCH3 is 1. The van der Waals surface area contributed by atoms with Gasteiger partial charge in [-0.2, -0.15) is 0 Å². The number of aromatic hydroxyl groups is 1. The number of nitrogens with zero attached hydrogens (tertiary/aromatic N) is 2. The summed E-state index contributed by atoms with van der Waals surface area (Å²) >= 11 is 0. The molecule has 3 aliphatic rings. The highest BCUT2D eigenvalue weighted by atomic mass is 16.6. The van der Waals surface area contributed by atoms with E-state index in [0.717, 1.165) is 49.2 Å². The van der Waals surface area contributed by atoms with Gasteiger partial charge in [-0.05, 0) is 31.7 Å². The lowest BCUT2D eigenvalue weighted by Crippen LogP contribution is -2.59. The molecule has 1 saturated heterocycles. The Kier molecular flexibility index (Phi) is 3.77. The van der Waals surface area contributed by atoms with Crippen LogP contribution in [0.15, 0.2) is 42.5 Å². The standard InChI is InChI=1S/C28H26N4O4/c1-28-26(35-3)16(29-2)11-19(36-28)31-17-9-5-4-7-13(17)21-22-15(12-30-27(22)34)20-14-8-6-10-18(33)23(14)32(28)25(20)24(21)31/h4-10,16,19,26,29,33H,11-12H2,1-3H3,(H,30,34)/t16-,19+,26-,28+/m1/s1. The van der Waals surface area contributed by atoms with Crippen molar-refractivity contribution in [1.82, 2.24) is 19.8 Å². The summed E-state index contributed by atoms with van der Waals surface area (Å²) in [6.07, 6.45) is 0.0709. The predicted octanol–water partition coefficient (Wildman–Crippen LogP) is 4.06. The van der Waals surface area contributed by atoms with E-state index in [0.29, 0.717) is 18.5 Å². The van der Waals surface area contributed by atoms with Crippen LogP contribution in [-0.2, 0) is 21.7 Å². The zero-order valence-electron chi connectivity index (χ0n) is 20.3. The van der Waals surface area contributed by atoms with Crippen molar-refractivity contribution in [2.45, 2.75) is 44.0 Å². The van der Waals surface area contributed by atoms with Crippen molar-refractivity contribution in [3.8, 4) is 5.75 Å². The predicted molar refractivity (Wildman–Crippen MR) is 137 cm³/mol. The largest absolute Gasteiger partial charge is 0.506 e. The lowest BCUT2D eigenvalue weighted by molar-refractivity contribution is -0.256. The Balaban J connectivity index is 1.74. The Bertz CT molecular complexity index is 1800. The van der Waals surface area contributed by atoms with E-state index in [1.807, 2.05) is 31.3 Å². The van der Waals surface area contributed by atoms with Gasteiger partial charge < -0.3 is 34.3 Å². The van der Waals surface area contributed by atoms with Gasteiger partial charge in [-0.15, -0.1) is 0 Å². The first kappa shape index (κ1) is 20.6. The molecule has 0 radical (unpaired) electrons. The van der Waals surface area contributed by atoms with Crippen molar-refractivity contribution in [2.75, 3.05) is 14.2 Å². The Morgan fingerprint density at radius 3 is 2.72 bits per heavy atom. The van der Waals surface area contributed by atoms with Crippen LogP contribution in [0.2, 0.25) is 0 Å². The maximum absolute atomic E-state index is 13.3. The Labute approximate surface area is 206 Å². The number of carbonyl (C=O) groups excluding carboxylic acids is 1. The van der Waals surface area contributed by atoms with E-state index in [-0.39, 0.29) is 30.0 Å². The monoisotopic (exact) mass is 482 g/mol. The number of benzene rings is 3. The lowest BCUT2D eigenvalue weighted by Gasteiger charge is -2.48. The van der Waals surface area contributed by atoms with Crippen LogP contribution in [0.1, 0.15) is 35.5 Å². The molecular weight excluding hydrogens is 456 g/mol. The number of para-hydroxylation sites is 2. The molecule has 0 aliphatic carbocycles. The maximum atomic E-state index is 13.3. The van der Waals surface area contributed by atoms with Crippen molar-refractivity contribution in [3.63, 3.8) is 0 Å². The molecule has 1 fully saturated rings. The summed E-state index contributed by atoms with van der Waals surface area (Å²) < 4.78 is 17.6. The summed E-state index contributed by atoms with van der Waals surface area (Å²) in [5, 5.41) is 21.7. The minimum Gasteiger partial charge on any atom is -0.506 e. The number of aromatic nitrogens is 2. The Morgan fingerprint density at radius 1 is 1.11 bits per heavy atom. The zero-order chi connectivity index (χ0) is 24.5. The van der Waals surface area contributed by atoms with Crippen molar-refractivity contribution in [2.24, 2.45) is 0 Å². The van der Waals surface area contributed by atoms with Gasteiger partial charge in [0.25, 0.3) is 5.91 Å². The van der Waals surface area contributed by atoms with Gasteiger partial charge in [-0.3, -0.25) is 4.79 Å². The molecule has 2 bridgehead atoms. The van der Waals surface area contributed by atoms with Crippen LogP contribution in [-0.4, -0.2) is 46.5 Å². The molecule has 3 N–H and O–H groups in total. The summed E-state index contributed by atoms with van der Waals surface area (Å²) in [7, 11) is 3.67. The number of hydrogen-bond donors (Lipinski definition) is 3. The number of likely N-dealkylation sites (N-methyl/N-ethyl adjacent to an activating group) is 1. The second-order valence-corrected chi connectivity index (χ2v) is 10.3. The van der Waals surface area contributed by atoms with Crippen molar-refractivity contribution < 1.29 is 19.4 Å². The minimum atomic E-state index is -0.929. The summed E-state index contributed by atoms with van der Waals surface area (Å²) in [5.74, 6) is 0.119. The normalized spacial score (nSPS) is 26.9. The molecule has 3 aromatic carbocycles. The number of rotatable bonds is 2. The third kappa shape index (κ3) is 2.12. The van der Waals surface area contributed by atoms with E-state index < -0.39 is 5.72 Å². The quantitative estimate of drug-likeness (QED) is 0.353. The first-order valence-electron chi connectivity index (χ1n) is 12.4. The fraction of sp³-hybridized carbons (Fsp3) is 0.321. The van der Waals surface area contributed by atoms with Gasteiger partial charge >= 0.3 is 0 Å². The van der Waals surface area contributed by atoms with Crippen molar-refractivity contribution >= 4 is 49.5 Å². The minimum absolute atomic E-state index is 0.00206. The molecule has 2 aromatic heterocycles. The second kappa shape index (κ2) is 6.59. The van der Waals surface area contributed by atoms with E-state index in [1.165, 1.54) is 0 Å². The van der Waals surface area contributed by atoms with Gasteiger partial charge in [0.2, 0.25) is 0 Å². The number of nitrogens with one attached hydrogen (secondary N) is 2. The fourth-order valence-corrected chi connectivity index (χ4v) is 7.40. The Hall–Kier alpha value is -3.59. The molecule has 8 rings (SSSR count). The van der Waals surface area contributed by atoms with Crippen LogP contribution in [0, 0.1) is 0 Å². The van der Waals surface area contributed by atoms with E-state index >= 15 is 0 Å². The van der Waals surface area contributed by atoms with Crippen LogP contribution >= 0.6 is 0 Å². The van der Waals surface area contributed by atoms with Crippen molar-refractivity contribution in [3.05, 3.63) is 53.6 Å². The number of hydrogen-bond acceptors (Lipinski definition) is 5. The van der Waals surface area contributed by atoms with Crippen LogP contribution in [0.25, 0.3) is 43.6 Å². The van der Waals surface area contributed by atoms with Gasteiger partial charge in [0.1, 0.15) is 18.1 Å². The highest BCUT2D eigenvalue weighted by Crippen LogP contribution is 2.54. The molecule has 4 atom stereocenters. The average Bonchev–Trinajstić information content (AvgIpc) is 3.52. The molecular formula is C28H26N4O4. The molecule has 0 spiro atoms. The Morgan fingerprint density at radius 2 is 1.92 bits per heavy atom. The number of carbonyl (C=O) groups is 1. The summed E-state index contributed by atoms with van der Waals surface area (Å²) in [6.45, 7) is 2.50. The van der Waals surface area contributed by atoms with Gasteiger partial charge in [-0.1, -0.05) is 30.3 Å². The number of fused-ring (bicyclic) bond motifs is 13. The van der Waals surface area contributed by atoms with E-state index in [1.54, 1.807) is 13.2 Å². The summed E-state index contributed by atoms with van der Waals surface area (Å²) in [5.41, 5.74) is 4.43. The van der Waals surface area contributed by atoms with E-state index in [4.69, 9.17) is 9.47 Å². The van der Waals surface area contributed by atoms with Crippen LogP contribution < -0.4 is 10.6 Å². The molecule has 36 heavy (non-hydrogen) atoms. The van der Waals surface area contributed by atoms with Gasteiger partial charge in [0.15, 0.2) is 5.72 Å². The highest BCUT2D eigenvalue weighted by Gasteiger charge is 2.53. The van der Waals surface area contributed by atoms with Crippen LogP contribution in [0.4, 0.5) is 0 Å². The first-order chi connectivity index (χ1) is 17.5. The molecule has 5 heterocycles. The number of phenols is 1. The summed E-state index contributed by atoms with van der Waals surface area (Å²) in [4.78, 5) is 13.3. The van der Waals surface area contributed by atoms with Crippen LogP contribution in [0.5, 0.6) is 5.75 Å². The van der Waals surface area contributed by atoms with E-state index in [2.05, 4.69) is 38.8 Å². The molecule has 0 unspecified atom stereocenters. The molecule has 8 heteroatoms. The maximum Gasteiger partial charge on any atom is 0.252 e. The second-order valence-electron chi connectivity index (χ2n) is 10.3. The SMILES string of the molecule is CN[C@@H]1C[C@@H]2O[C@@](C)([C@@H]1OC)n1c3c(O)cccc3c3c4c(c5c6ccccc6n2c5c31)C(=O)NC4. The lowest BCUT2D eigenvalue weighted by atomic mass is 9.93. The molecule has 3 aliphatic heterocycles. The third-order valence-corrected chi connectivity index (χ3v) is 8.69. The number of ether oxygens (including phenoxy) is 2. The average molecular weight is 483 g/mol. The number of amides is 1. The van der Waals surface area contributed by atoms with Gasteiger partial charge in [0, 0.05) is 47.7 Å². The highest BCUT2D eigenvalue weighted by molar-refractivity contribution is 6.31. The van der Waals surface area contributed by atoms with Crippen molar-refractivity contribution in [1.29, 1.82) is 0 Å². The first-order valence-corrected chi connectivity index (χ1v) is 12.4. The third-order valence-electron chi connectivity index (χ3n) is 8.69. The topological polar surface area (TPSA) is 89.7 Å². The van der Waals surface area contributed by atoms with E-state index in [9.17, 15) is 9.90 Å². The molecule has 182 valence electrons. The summed E-state index contributed by atoms with van der Waals surface area (Å²) in [6, 6.07) is 13.8. The fourth-order valence-electron chi connectivity index (χ4n) is 7.40. The smallest absolute Gasteiger partial charge is 0.252 e. The number of phenolic OH excluding ortho intramolecular Hbond substituents is 1. The molecule has 8 nitrogen and oxygen atoms in total. The van der Waals surface area contributed by atoms with Gasteiger partial charge in [0.05, 0.1) is 27.6 Å². The van der Waals surface area contributed by atoms with Crippen LogP contribution in [0.3, 0.4) is 0 Å². The molecule has 5 aromatic rings. The zero-order valence-corrected chi connectivity index (χ0v) is 20.3. The molecule has 0 saturated carbocycles. The molecule has 1 amide bonds. The van der Waals surface area contributed by atoms with Gasteiger partial charge in [-0.25, -0.2) is 0 Å².